The molecule has 16 heavy (non-hydrogen) atoms. The number of hydrogen-bond acceptors (Lipinski definition) is 4. The second-order valence-electron chi connectivity index (χ2n) is 2.95. The van der Waals surface area contributed by atoms with Gasteiger partial charge in [0.1, 0.15) is 0 Å². The summed E-state index contributed by atoms with van der Waals surface area (Å²) in [5.41, 5.74) is -0.318. The van der Waals surface area contributed by atoms with E-state index in [1.54, 1.807) is 0 Å². The Balaban J connectivity index is 0.000000487. The highest BCUT2D eigenvalue weighted by Crippen LogP contribution is 2.13. The van der Waals surface area contributed by atoms with Crippen molar-refractivity contribution in [1.82, 2.24) is 9.97 Å². The van der Waals surface area contributed by atoms with Crippen LogP contribution in [0.2, 0.25) is 0 Å². The van der Waals surface area contributed by atoms with Gasteiger partial charge in [0.05, 0.1) is 6.07 Å². The van der Waals surface area contributed by atoms with Crippen LogP contribution in [0.3, 0.4) is 0 Å². The van der Waals surface area contributed by atoms with Gasteiger partial charge in [0.15, 0.2) is 5.16 Å². The first-order valence-corrected chi connectivity index (χ1v) is 7.64. The van der Waals surface area contributed by atoms with Crippen LogP contribution in [0.15, 0.2) is 16.0 Å². The van der Waals surface area contributed by atoms with Crippen LogP contribution in [0.25, 0.3) is 0 Å². The van der Waals surface area contributed by atoms with E-state index in [0.717, 1.165) is 18.2 Å². The maximum atomic E-state index is 10.8. The lowest BCUT2D eigenvalue weighted by molar-refractivity contribution is 0.444. The van der Waals surface area contributed by atoms with Gasteiger partial charge in [0, 0.05) is 5.75 Å². The average molecular weight is 356 g/mol. The van der Waals surface area contributed by atoms with Crippen molar-refractivity contribution < 1.29 is 5.11 Å². The van der Waals surface area contributed by atoms with E-state index in [0.29, 0.717) is 5.16 Å². The van der Waals surface area contributed by atoms with Crippen molar-refractivity contribution in [3.8, 4) is 5.88 Å². The largest absolute Gasteiger partial charge is 0.493 e. The molecule has 2 N–H and O–H groups in total. The molecule has 0 aliphatic heterocycles. The van der Waals surface area contributed by atoms with E-state index in [1.807, 2.05) is 6.92 Å². The fourth-order valence-electron chi connectivity index (χ4n) is 0.690. The van der Waals surface area contributed by atoms with Gasteiger partial charge in [0.25, 0.3) is 5.56 Å². The van der Waals surface area contributed by atoms with E-state index < -0.39 is 0 Å². The Bertz CT molecular complexity index is 342. The Kier molecular flexibility index (Phi) is 9.80. The second kappa shape index (κ2) is 9.95. The third-order valence-corrected chi connectivity index (χ3v) is 3.50. The van der Waals surface area contributed by atoms with E-state index in [4.69, 9.17) is 5.11 Å². The van der Waals surface area contributed by atoms with Crippen LogP contribution in [0, 0.1) is 0 Å². The SMILES string of the molecule is CCCI.CCCSc1nc(O)cc(=O)[nH]1. The second-order valence-corrected chi connectivity index (χ2v) is 5.11. The zero-order valence-electron chi connectivity index (χ0n) is 9.49. The van der Waals surface area contributed by atoms with Gasteiger partial charge in [-0.25, -0.2) is 0 Å². The van der Waals surface area contributed by atoms with Crippen LogP contribution in [0.4, 0.5) is 0 Å². The molecule has 0 radical (unpaired) electrons. The molecule has 0 aliphatic rings. The average Bonchev–Trinajstić information content (AvgIpc) is 2.25. The summed E-state index contributed by atoms with van der Waals surface area (Å²) < 4.78 is 1.29. The lowest BCUT2D eigenvalue weighted by Crippen LogP contribution is -2.06. The zero-order valence-corrected chi connectivity index (χ0v) is 12.5. The third-order valence-electron chi connectivity index (χ3n) is 1.34. The van der Waals surface area contributed by atoms with E-state index in [-0.39, 0.29) is 11.4 Å². The maximum absolute atomic E-state index is 10.8. The van der Waals surface area contributed by atoms with Gasteiger partial charge in [-0.3, -0.25) is 4.79 Å². The molecular formula is C10H17IN2O2S. The summed E-state index contributed by atoms with van der Waals surface area (Å²) in [6.45, 7) is 4.21. The van der Waals surface area contributed by atoms with Crippen LogP contribution in [-0.4, -0.2) is 25.3 Å². The summed E-state index contributed by atoms with van der Waals surface area (Å²) in [6.07, 6.45) is 2.31. The number of aromatic nitrogens is 2. The molecule has 4 nitrogen and oxygen atoms in total. The Morgan fingerprint density at radius 3 is 2.56 bits per heavy atom. The summed E-state index contributed by atoms with van der Waals surface area (Å²) >= 11 is 3.77. The number of thioether (sulfide) groups is 1. The first-order chi connectivity index (χ1) is 7.63. The first kappa shape index (κ1) is 15.8. The van der Waals surface area contributed by atoms with Gasteiger partial charge in [-0.05, 0) is 17.3 Å². The standard InChI is InChI=1S/C7H10N2O2S.C3H7I/c1-2-3-12-7-8-5(10)4-6(11)9-7;1-2-3-4/h4H,2-3H2,1H3,(H2,8,9,10,11);2-3H2,1H3. The van der Waals surface area contributed by atoms with E-state index >= 15 is 0 Å². The zero-order chi connectivity index (χ0) is 12.4. The lowest BCUT2D eigenvalue weighted by Gasteiger charge is -1.97. The minimum atomic E-state index is -0.318. The van der Waals surface area contributed by atoms with Crippen LogP contribution >= 0.6 is 34.4 Å². The summed E-state index contributed by atoms with van der Waals surface area (Å²) in [6, 6.07) is 1.05. The van der Waals surface area contributed by atoms with Gasteiger partial charge < -0.3 is 10.1 Å². The Hall–Kier alpha value is -0.240. The molecule has 0 saturated carbocycles. The molecule has 1 aromatic rings. The predicted octanol–water partition coefficient (Wildman–Crippen LogP) is 2.81. The first-order valence-electron chi connectivity index (χ1n) is 5.13. The van der Waals surface area contributed by atoms with Gasteiger partial charge in [-0.2, -0.15) is 4.98 Å². The minimum absolute atomic E-state index is 0.225. The number of halogens is 1. The van der Waals surface area contributed by atoms with Gasteiger partial charge in [-0.15, -0.1) is 0 Å². The van der Waals surface area contributed by atoms with E-state index in [1.165, 1.54) is 22.6 Å². The van der Waals surface area contributed by atoms with E-state index in [2.05, 4.69) is 39.5 Å². The molecule has 0 saturated heterocycles. The number of H-pyrrole nitrogens is 1. The topological polar surface area (TPSA) is 66.0 Å². The Morgan fingerprint density at radius 1 is 1.50 bits per heavy atom. The normalized spacial score (nSPS) is 9.44. The summed E-state index contributed by atoms with van der Waals surface area (Å²) in [5.74, 6) is 0.657. The van der Waals surface area contributed by atoms with Gasteiger partial charge in [-0.1, -0.05) is 48.2 Å². The highest BCUT2D eigenvalue weighted by molar-refractivity contribution is 14.1. The molecule has 0 unspecified atom stereocenters. The number of rotatable bonds is 4. The summed E-state index contributed by atoms with van der Waals surface area (Å²) in [7, 11) is 0. The molecular weight excluding hydrogens is 339 g/mol. The van der Waals surface area contributed by atoms with Crippen molar-refractivity contribution in [2.75, 3.05) is 10.2 Å². The van der Waals surface area contributed by atoms with Gasteiger partial charge in [0.2, 0.25) is 5.88 Å². The van der Waals surface area contributed by atoms with Crippen LogP contribution in [-0.2, 0) is 0 Å². The van der Waals surface area contributed by atoms with E-state index in [9.17, 15) is 4.79 Å². The number of alkyl halides is 1. The molecule has 0 fully saturated rings. The quantitative estimate of drug-likeness (QED) is 0.377. The maximum Gasteiger partial charge on any atom is 0.255 e. The Morgan fingerprint density at radius 2 is 2.12 bits per heavy atom. The van der Waals surface area contributed by atoms with Crippen molar-refractivity contribution in [2.24, 2.45) is 0 Å². The third kappa shape index (κ3) is 7.98. The fourth-order valence-corrected chi connectivity index (χ4v) is 1.42. The number of hydrogen-bond donors (Lipinski definition) is 2. The molecule has 1 aromatic heterocycles. The number of aromatic hydroxyl groups is 1. The number of nitrogens with one attached hydrogen (secondary N) is 1. The molecule has 1 heterocycles. The fraction of sp³-hybridized carbons (Fsp3) is 0.600. The lowest BCUT2D eigenvalue weighted by atomic mass is 10.6. The molecule has 92 valence electrons. The smallest absolute Gasteiger partial charge is 0.255 e. The predicted molar refractivity (Wildman–Crippen MR) is 76.7 cm³/mol. The molecule has 0 atom stereocenters. The van der Waals surface area contributed by atoms with Crippen LogP contribution in [0.5, 0.6) is 5.88 Å². The molecule has 0 amide bonds. The van der Waals surface area contributed by atoms with Crippen molar-refractivity contribution in [2.45, 2.75) is 31.8 Å². The molecule has 0 aliphatic carbocycles. The van der Waals surface area contributed by atoms with Crippen LogP contribution < -0.4 is 5.56 Å². The minimum Gasteiger partial charge on any atom is -0.493 e. The van der Waals surface area contributed by atoms with Crippen LogP contribution in [0.1, 0.15) is 26.7 Å². The molecule has 0 bridgehead atoms. The number of nitrogens with zero attached hydrogens (tertiary/aromatic N) is 1. The summed E-state index contributed by atoms with van der Waals surface area (Å²) in [5, 5.41) is 9.42. The molecule has 6 heteroatoms. The highest BCUT2D eigenvalue weighted by atomic mass is 127. The summed E-state index contributed by atoms with van der Waals surface area (Å²) in [4.78, 5) is 17.1. The monoisotopic (exact) mass is 356 g/mol. The molecule has 0 aromatic carbocycles. The van der Waals surface area contributed by atoms with Crippen molar-refractivity contribution >= 4 is 34.4 Å². The van der Waals surface area contributed by atoms with Crippen molar-refractivity contribution in [3.05, 3.63) is 16.4 Å². The van der Waals surface area contributed by atoms with Crippen molar-refractivity contribution in [3.63, 3.8) is 0 Å². The van der Waals surface area contributed by atoms with Gasteiger partial charge >= 0.3 is 0 Å². The van der Waals surface area contributed by atoms with Crippen molar-refractivity contribution in [1.29, 1.82) is 0 Å². The Labute approximate surface area is 113 Å². The highest BCUT2D eigenvalue weighted by Gasteiger charge is 1.98. The number of aromatic amines is 1. The molecule has 1 rings (SSSR count). The molecule has 0 spiro atoms.